The smallest absolute Gasteiger partial charge is 0.136 e. The molecular weight excluding hydrogens is 250 g/mol. The summed E-state index contributed by atoms with van der Waals surface area (Å²) in [5, 5.41) is 11.8. The van der Waals surface area contributed by atoms with Crippen molar-refractivity contribution in [2.75, 3.05) is 11.1 Å². The average molecular weight is 267 g/mol. The summed E-state index contributed by atoms with van der Waals surface area (Å²) < 4.78 is 0. The lowest BCUT2D eigenvalue weighted by atomic mass is 10.1. The number of nitrogens with zero attached hydrogens (tertiary/aromatic N) is 3. The van der Waals surface area contributed by atoms with Gasteiger partial charge in [0.05, 0.1) is 12.5 Å². The number of hydrogen-bond donors (Lipinski definition) is 2. The Morgan fingerprint density at radius 2 is 2.00 bits per heavy atom. The van der Waals surface area contributed by atoms with Gasteiger partial charge in [0.25, 0.3) is 0 Å². The van der Waals surface area contributed by atoms with E-state index < -0.39 is 0 Å². The molecule has 0 aliphatic rings. The van der Waals surface area contributed by atoms with Crippen LogP contribution in [0.25, 0.3) is 0 Å². The summed E-state index contributed by atoms with van der Waals surface area (Å²) in [6.45, 7) is 2.08. The molecule has 1 heterocycles. The molecule has 0 saturated heterocycles. The van der Waals surface area contributed by atoms with E-state index in [0.717, 1.165) is 29.9 Å². The second kappa shape index (κ2) is 6.53. The second-order valence-corrected chi connectivity index (χ2v) is 4.50. The van der Waals surface area contributed by atoms with Crippen LogP contribution >= 0.6 is 0 Å². The summed E-state index contributed by atoms with van der Waals surface area (Å²) in [6.07, 6.45) is 2.20. The number of aryl methyl sites for hydroxylation is 1. The van der Waals surface area contributed by atoms with Gasteiger partial charge >= 0.3 is 0 Å². The van der Waals surface area contributed by atoms with Crippen LogP contribution in [0.15, 0.2) is 30.3 Å². The van der Waals surface area contributed by atoms with Crippen LogP contribution in [0.5, 0.6) is 0 Å². The molecule has 5 heteroatoms. The van der Waals surface area contributed by atoms with Gasteiger partial charge in [0.15, 0.2) is 0 Å². The first kappa shape index (κ1) is 13.8. The maximum Gasteiger partial charge on any atom is 0.136 e. The number of rotatable bonds is 5. The molecule has 0 aliphatic heterocycles. The molecule has 0 radical (unpaired) electrons. The molecule has 0 aliphatic carbocycles. The van der Waals surface area contributed by atoms with Crippen molar-refractivity contribution in [1.29, 1.82) is 5.26 Å². The minimum Gasteiger partial charge on any atom is -0.384 e. The van der Waals surface area contributed by atoms with Crippen LogP contribution in [0, 0.1) is 11.3 Å². The van der Waals surface area contributed by atoms with Crippen LogP contribution in [-0.4, -0.2) is 9.97 Å². The fraction of sp³-hybridized carbons (Fsp3) is 0.267. The molecule has 20 heavy (non-hydrogen) atoms. The van der Waals surface area contributed by atoms with Gasteiger partial charge in [0, 0.05) is 18.2 Å². The Kier molecular flexibility index (Phi) is 4.51. The summed E-state index contributed by atoms with van der Waals surface area (Å²) in [5.74, 6) is 1.90. The number of nitriles is 1. The molecule has 102 valence electrons. The predicted octanol–water partition coefficient (Wildman–Crippen LogP) is 2.82. The van der Waals surface area contributed by atoms with Gasteiger partial charge in [-0.15, -0.1) is 0 Å². The van der Waals surface area contributed by atoms with E-state index in [1.807, 2.05) is 24.3 Å². The number of nitrogens with one attached hydrogen (secondary N) is 1. The van der Waals surface area contributed by atoms with Gasteiger partial charge in [-0.2, -0.15) is 5.26 Å². The van der Waals surface area contributed by atoms with Gasteiger partial charge in [-0.05, 0) is 24.1 Å². The fourth-order valence-corrected chi connectivity index (χ4v) is 1.86. The maximum atomic E-state index is 8.64. The third kappa shape index (κ3) is 3.69. The van der Waals surface area contributed by atoms with Crippen molar-refractivity contribution in [3.63, 3.8) is 0 Å². The number of aromatic nitrogens is 2. The molecule has 0 amide bonds. The average Bonchev–Trinajstić information content (AvgIpc) is 2.41. The van der Waals surface area contributed by atoms with E-state index in [4.69, 9.17) is 11.0 Å². The van der Waals surface area contributed by atoms with Crippen LogP contribution in [0.4, 0.5) is 17.3 Å². The largest absolute Gasteiger partial charge is 0.384 e. The number of nitrogens with two attached hydrogens (primary N) is 1. The Balaban J connectivity index is 2.14. The summed E-state index contributed by atoms with van der Waals surface area (Å²) in [4.78, 5) is 8.62. The van der Waals surface area contributed by atoms with Crippen molar-refractivity contribution < 1.29 is 0 Å². The summed E-state index contributed by atoms with van der Waals surface area (Å²) in [7, 11) is 0. The zero-order valence-electron chi connectivity index (χ0n) is 11.4. The number of anilines is 3. The highest BCUT2D eigenvalue weighted by molar-refractivity contribution is 5.58. The molecule has 0 bridgehead atoms. The molecule has 5 nitrogen and oxygen atoms in total. The fourth-order valence-electron chi connectivity index (χ4n) is 1.86. The second-order valence-electron chi connectivity index (χ2n) is 4.50. The van der Waals surface area contributed by atoms with Gasteiger partial charge in [-0.3, -0.25) is 0 Å². The number of hydrogen-bond acceptors (Lipinski definition) is 5. The van der Waals surface area contributed by atoms with Crippen molar-refractivity contribution >= 4 is 17.3 Å². The summed E-state index contributed by atoms with van der Waals surface area (Å²) >= 11 is 0. The van der Waals surface area contributed by atoms with Crippen molar-refractivity contribution in [1.82, 2.24) is 9.97 Å². The van der Waals surface area contributed by atoms with Crippen molar-refractivity contribution in [2.45, 2.75) is 26.2 Å². The lowest BCUT2D eigenvalue weighted by Crippen LogP contribution is -2.03. The summed E-state index contributed by atoms with van der Waals surface area (Å²) in [5.41, 5.74) is 7.68. The molecule has 3 N–H and O–H groups in total. The molecular formula is C15H17N5. The molecule has 1 aromatic carbocycles. The van der Waals surface area contributed by atoms with Crippen molar-refractivity contribution in [2.24, 2.45) is 0 Å². The molecule has 0 spiro atoms. The van der Waals surface area contributed by atoms with Crippen molar-refractivity contribution in [3.8, 4) is 6.07 Å². The SMILES string of the molecule is CCCc1nc(N)cc(Nc2ccc(CC#N)cc2)n1. The van der Waals surface area contributed by atoms with Gasteiger partial charge < -0.3 is 11.1 Å². The molecule has 2 rings (SSSR count). The van der Waals surface area contributed by atoms with E-state index in [-0.39, 0.29) is 0 Å². The highest BCUT2D eigenvalue weighted by Gasteiger charge is 2.03. The molecule has 2 aromatic rings. The van der Waals surface area contributed by atoms with E-state index in [9.17, 15) is 0 Å². The predicted molar refractivity (Wildman–Crippen MR) is 79.5 cm³/mol. The molecule has 0 saturated carbocycles. The Bertz CT molecular complexity index is 613. The molecule has 0 atom stereocenters. The third-order valence-corrected chi connectivity index (χ3v) is 2.78. The van der Waals surface area contributed by atoms with E-state index >= 15 is 0 Å². The third-order valence-electron chi connectivity index (χ3n) is 2.78. The first-order valence-corrected chi connectivity index (χ1v) is 6.57. The Morgan fingerprint density at radius 3 is 2.65 bits per heavy atom. The highest BCUT2D eigenvalue weighted by Crippen LogP contribution is 2.17. The molecule has 1 aromatic heterocycles. The van der Waals surface area contributed by atoms with E-state index in [2.05, 4.69) is 28.3 Å². The Morgan fingerprint density at radius 1 is 1.25 bits per heavy atom. The minimum atomic E-state index is 0.418. The molecule has 0 unspecified atom stereocenters. The standard InChI is InChI=1S/C15H17N5/c1-2-3-14-19-13(17)10-15(20-14)18-12-6-4-11(5-7-12)8-9-16/h4-7,10H,2-3,8H2,1H3,(H3,17,18,19,20). The topological polar surface area (TPSA) is 87.6 Å². The monoisotopic (exact) mass is 267 g/mol. The molecule has 0 fully saturated rings. The quantitative estimate of drug-likeness (QED) is 0.869. The van der Waals surface area contributed by atoms with Crippen LogP contribution < -0.4 is 11.1 Å². The zero-order valence-corrected chi connectivity index (χ0v) is 11.4. The van der Waals surface area contributed by atoms with Gasteiger partial charge in [0.2, 0.25) is 0 Å². The maximum absolute atomic E-state index is 8.64. The van der Waals surface area contributed by atoms with Crippen LogP contribution in [0.3, 0.4) is 0 Å². The van der Waals surface area contributed by atoms with E-state index in [1.165, 1.54) is 0 Å². The van der Waals surface area contributed by atoms with Gasteiger partial charge in [0.1, 0.15) is 17.5 Å². The first-order valence-electron chi connectivity index (χ1n) is 6.57. The summed E-state index contributed by atoms with van der Waals surface area (Å²) in [6, 6.07) is 11.5. The van der Waals surface area contributed by atoms with E-state index in [1.54, 1.807) is 6.07 Å². The minimum absolute atomic E-state index is 0.418. The van der Waals surface area contributed by atoms with Gasteiger partial charge in [-0.1, -0.05) is 19.1 Å². The van der Waals surface area contributed by atoms with Gasteiger partial charge in [-0.25, -0.2) is 9.97 Å². The number of nitrogen functional groups attached to an aromatic ring is 1. The lowest BCUT2D eigenvalue weighted by Gasteiger charge is -2.08. The van der Waals surface area contributed by atoms with Crippen LogP contribution in [-0.2, 0) is 12.8 Å². The number of benzene rings is 1. The normalized spacial score (nSPS) is 10.0. The van der Waals surface area contributed by atoms with Crippen LogP contribution in [0.1, 0.15) is 24.7 Å². The van der Waals surface area contributed by atoms with Crippen LogP contribution in [0.2, 0.25) is 0 Å². The Hall–Kier alpha value is -2.61. The highest BCUT2D eigenvalue weighted by atomic mass is 15.0. The lowest BCUT2D eigenvalue weighted by molar-refractivity contribution is 0.839. The zero-order chi connectivity index (χ0) is 14.4. The van der Waals surface area contributed by atoms with Crippen molar-refractivity contribution in [3.05, 3.63) is 41.7 Å². The Labute approximate surface area is 118 Å². The van der Waals surface area contributed by atoms with E-state index in [0.29, 0.717) is 18.1 Å². The first-order chi connectivity index (χ1) is 9.71.